The Labute approximate surface area is 186 Å². The molecule has 0 fully saturated rings. The number of hydrogen-bond acceptors (Lipinski definition) is 4. The van der Waals surface area contributed by atoms with Gasteiger partial charge in [0.2, 0.25) is 5.91 Å². The molecule has 0 radical (unpaired) electrons. The van der Waals surface area contributed by atoms with Gasteiger partial charge in [0.15, 0.2) is 0 Å². The third-order valence-corrected chi connectivity index (χ3v) is 6.49. The maximum absolute atomic E-state index is 14.5. The third-order valence-electron chi connectivity index (χ3n) is 4.57. The Kier molecular flexibility index (Phi) is 5.66. The largest absolute Gasteiger partial charge is 0.322 e. The molecular formula is C21H13ClF3N3O3S. The minimum atomic E-state index is -4.32. The maximum Gasteiger partial charge on any atom is 0.280 e. The van der Waals surface area contributed by atoms with Crippen LogP contribution in [0.3, 0.4) is 0 Å². The highest BCUT2D eigenvalue weighted by Gasteiger charge is 2.35. The molecule has 0 aromatic heterocycles. The molecule has 32 heavy (non-hydrogen) atoms. The molecule has 0 unspecified atom stereocenters. The van der Waals surface area contributed by atoms with Crippen molar-refractivity contribution < 1.29 is 26.4 Å². The van der Waals surface area contributed by atoms with Gasteiger partial charge in [0.05, 0.1) is 10.6 Å². The lowest BCUT2D eigenvalue weighted by molar-refractivity contribution is -0.116. The molecule has 0 saturated heterocycles. The van der Waals surface area contributed by atoms with Crippen molar-refractivity contribution in [3.8, 4) is 0 Å². The quantitative estimate of drug-likeness (QED) is 0.610. The number of sulfonamides is 1. The lowest BCUT2D eigenvalue weighted by atomic mass is 10.0. The molecule has 1 aliphatic heterocycles. The average molecular weight is 480 g/mol. The highest BCUT2D eigenvalue weighted by Crippen LogP contribution is 2.31. The number of amides is 1. The van der Waals surface area contributed by atoms with Crippen LogP contribution in [0.2, 0.25) is 5.02 Å². The lowest BCUT2D eigenvalue weighted by Crippen LogP contribution is -2.39. The van der Waals surface area contributed by atoms with Crippen LogP contribution in [0.4, 0.5) is 18.9 Å². The molecule has 0 atom stereocenters. The number of rotatable bonds is 4. The number of carbonyl (C=O) groups excluding carboxylic acids is 1. The number of carbonyl (C=O) groups is 1. The molecule has 0 spiro atoms. The minimum Gasteiger partial charge on any atom is -0.322 e. The van der Waals surface area contributed by atoms with Gasteiger partial charge in [-0.3, -0.25) is 4.79 Å². The first-order valence-corrected chi connectivity index (χ1v) is 10.9. The summed E-state index contributed by atoms with van der Waals surface area (Å²) in [4.78, 5) is 12.2. The number of hydrogen-bond donors (Lipinski definition) is 1. The van der Waals surface area contributed by atoms with Crippen molar-refractivity contribution in [3.05, 3.63) is 94.3 Å². The van der Waals surface area contributed by atoms with Crippen molar-refractivity contribution in [1.29, 1.82) is 0 Å². The van der Waals surface area contributed by atoms with Gasteiger partial charge < -0.3 is 5.32 Å². The molecule has 3 aromatic rings. The Morgan fingerprint density at radius 1 is 0.969 bits per heavy atom. The zero-order valence-corrected chi connectivity index (χ0v) is 17.6. The summed E-state index contributed by atoms with van der Waals surface area (Å²) in [5.74, 6) is -3.34. The number of anilines is 1. The van der Waals surface area contributed by atoms with Crippen LogP contribution in [0.5, 0.6) is 0 Å². The molecule has 6 nitrogen and oxygen atoms in total. The normalized spacial score (nSPS) is 14.5. The van der Waals surface area contributed by atoms with Gasteiger partial charge in [-0.2, -0.15) is 17.9 Å². The van der Waals surface area contributed by atoms with Crippen molar-refractivity contribution in [1.82, 2.24) is 4.41 Å². The summed E-state index contributed by atoms with van der Waals surface area (Å²) in [7, 11) is -4.32. The van der Waals surface area contributed by atoms with Gasteiger partial charge in [-0.05, 0) is 42.5 Å². The van der Waals surface area contributed by atoms with Gasteiger partial charge in [-0.25, -0.2) is 13.2 Å². The van der Waals surface area contributed by atoms with E-state index in [1.54, 1.807) is 0 Å². The Morgan fingerprint density at radius 2 is 1.72 bits per heavy atom. The van der Waals surface area contributed by atoms with E-state index in [9.17, 15) is 26.4 Å². The summed E-state index contributed by atoms with van der Waals surface area (Å²) in [6.07, 6.45) is 0. The Balaban J connectivity index is 1.75. The van der Waals surface area contributed by atoms with E-state index in [2.05, 4.69) is 10.4 Å². The summed E-state index contributed by atoms with van der Waals surface area (Å²) in [6, 6.07) is 11.9. The average Bonchev–Trinajstić information content (AvgIpc) is 2.73. The molecule has 1 amide bonds. The van der Waals surface area contributed by atoms with Crippen molar-refractivity contribution in [3.63, 3.8) is 0 Å². The van der Waals surface area contributed by atoms with E-state index in [-0.39, 0.29) is 26.8 Å². The molecule has 0 bridgehead atoms. The third kappa shape index (κ3) is 4.06. The standard InChI is InChI=1S/C21H13ClF3N3O3S/c22-12-5-8-19-15(9-12)21(14-3-1-2-4-16(14)24)27-28(32(19,30)31)11-20(29)26-18-10-13(23)6-7-17(18)25/h1-10H,11H2,(H,26,29). The van der Waals surface area contributed by atoms with Gasteiger partial charge in [-0.1, -0.05) is 23.7 Å². The van der Waals surface area contributed by atoms with Crippen molar-refractivity contribution in [2.24, 2.45) is 5.10 Å². The summed E-state index contributed by atoms with van der Waals surface area (Å²) in [6.45, 7) is -0.863. The van der Waals surface area contributed by atoms with Gasteiger partial charge in [-0.15, -0.1) is 0 Å². The van der Waals surface area contributed by atoms with E-state index in [1.807, 2.05) is 0 Å². The van der Waals surface area contributed by atoms with Crippen LogP contribution in [0.1, 0.15) is 11.1 Å². The Hall–Kier alpha value is -3.37. The monoisotopic (exact) mass is 479 g/mol. The number of hydrazone groups is 1. The second kappa shape index (κ2) is 8.29. The van der Waals surface area contributed by atoms with E-state index in [1.165, 1.54) is 42.5 Å². The van der Waals surface area contributed by atoms with Crippen molar-refractivity contribution in [2.45, 2.75) is 4.90 Å². The predicted octanol–water partition coefficient (Wildman–Crippen LogP) is 4.15. The van der Waals surface area contributed by atoms with Crippen LogP contribution in [-0.4, -0.2) is 31.0 Å². The van der Waals surface area contributed by atoms with Gasteiger partial charge in [0.25, 0.3) is 10.0 Å². The molecule has 4 rings (SSSR count). The molecule has 1 N–H and O–H groups in total. The number of nitrogens with zero attached hydrogens (tertiary/aromatic N) is 2. The number of fused-ring (bicyclic) bond motifs is 1. The topological polar surface area (TPSA) is 78.8 Å². The van der Waals surface area contributed by atoms with E-state index < -0.39 is 45.6 Å². The molecule has 0 saturated carbocycles. The van der Waals surface area contributed by atoms with Crippen molar-refractivity contribution >= 4 is 38.9 Å². The molecule has 11 heteroatoms. The Bertz CT molecular complexity index is 1380. The first-order chi connectivity index (χ1) is 15.2. The minimum absolute atomic E-state index is 0.00694. The SMILES string of the molecule is O=C(CN1N=C(c2ccccc2F)c2cc(Cl)ccc2S1(=O)=O)Nc1cc(F)ccc1F. The summed E-state index contributed by atoms with van der Waals surface area (Å²) in [5, 5.41) is 6.32. The van der Waals surface area contributed by atoms with Crippen LogP contribution in [0.25, 0.3) is 0 Å². The fourth-order valence-electron chi connectivity index (χ4n) is 3.12. The van der Waals surface area contributed by atoms with Gasteiger partial charge in [0, 0.05) is 22.2 Å². The number of nitrogens with one attached hydrogen (secondary N) is 1. The van der Waals surface area contributed by atoms with E-state index >= 15 is 0 Å². The maximum atomic E-state index is 14.5. The summed E-state index contributed by atoms with van der Waals surface area (Å²) >= 11 is 6.01. The lowest BCUT2D eigenvalue weighted by Gasteiger charge is -2.27. The van der Waals surface area contributed by atoms with Crippen LogP contribution < -0.4 is 5.32 Å². The highest BCUT2D eigenvalue weighted by molar-refractivity contribution is 7.89. The first kappa shape index (κ1) is 21.8. The summed E-state index contributed by atoms with van der Waals surface area (Å²) < 4.78 is 68.3. The Morgan fingerprint density at radius 3 is 2.47 bits per heavy atom. The molecular weight excluding hydrogens is 467 g/mol. The van der Waals surface area contributed by atoms with Crippen LogP contribution in [-0.2, 0) is 14.8 Å². The fourth-order valence-corrected chi connectivity index (χ4v) is 4.67. The highest BCUT2D eigenvalue weighted by atomic mass is 35.5. The first-order valence-electron chi connectivity index (χ1n) is 9.08. The predicted molar refractivity (Wildman–Crippen MR) is 112 cm³/mol. The molecule has 164 valence electrons. The number of halogens is 4. The van der Waals surface area contributed by atoms with Gasteiger partial charge >= 0.3 is 0 Å². The van der Waals surface area contributed by atoms with E-state index in [0.29, 0.717) is 4.41 Å². The smallest absolute Gasteiger partial charge is 0.280 e. The van der Waals surface area contributed by atoms with E-state index in [0.717, 1.165) is 18.2 Å². The summed E-state index contributed by atoms with van der Waals surface area (Å²) in [5.41, 5.74) is -0.460. The molecule has 3 aromatic carbocycles. The van der Waals surface area contributed by atoms with Gasteiger partial charge in [0.1, 0.15) is 29.7 Å². The zero-order valence-electron chi connectivity index (χ0n) is 16.0. The van der Waals surface area contributed by atoms with Crippen LogP contribution in [0, 0.1) is 17.5 Å². The molecule has 1 heterocycles. The zero-order chi connectivity index (χ0) is 23.0. The number of benzene rings is 3. The van der Waals surface area contributed by atoms with Crippen LogP contribution in [0.15, 0.2) is 70.7 Å². The van der Waals surface area contributed by atoms with Crippen LogP contribution >= 0.6 is 11.6 Å². The van der Waals surface area contributed by atoms with Crippen molar-refractivity contribution in [2.75, 3.05) is 11.9 Å². The fraction of sp³-hybridized carbons (Fsp3) is 0.0476. The molecule has 0 aliphatic carbocycles. The molecule has 1 aliphatic rings. The second-order valence-electron chi connectivity index (χ2n) is 6.73. The second-order valence-corrected chi connectivity index (χ2v) is 8.97. The van der Waals surface area contributed by atoms with E-state index in [4.69, 9.17) is 11.6 Å².